The van der Waals surface area contributed by atoms with E-state index >= 15 is 0 Å². The van der Waals surface area contributed by atoms with E-state index in [1.165, 1.54) is 19.3 Å². The average molecular weight is 251 g/mol. The summed E-state index contributed by atoms with van der Waals surface area (Å²) in [5, 5.41) is 12.5. The topological polar surface area (TPSA) is 41.5 Å². The number of nitrogens with one attached hydrogen (secondary N) is 1. The lowest BCUT2D eigenvalue weighted by Crippen LogP contribution is -2.02. The lowest BCUT2D eigenvalue weighted by atomic mass is 10.2. The van der Waals surface area contributed by atoms with Crippen LogP contribution in [0.1, 0.15) is 39.0 Å². The summed E-state index contributed by atoms with van der Waals surface area (Å²) in [5.41, 5.74) is 1.06. The third kappa shape index (κ3) is 7.17. The summed E-state index contributed by atoms with van der Waals surface area (Å²) < 4.78 is 5.50. The zero-order valence-corrected chi connectivity index (χ0v) is 11.3. The van der Waals surface area contributed by atoms with Crippen molar-refractivity contribution in [1.82, 2.24) is 0 Å². The third-order valence-corrected chi connectivity index (χ3v) is 2.80. The molecular weight excluding hydrogens is 226 g/mol. The molecule has 0 aliphatic carbocycles. The molecular formula is C15H25NO2. The molecule has 1 rings (SSSR count). The van der Waals surface area contributed by atoms with E-state index in [2.05, 4.69) is 12.2 Å². The van der Waals surface area contributed by atoms with Crippen LogP contribution in [0, 0.1) is 0 Å². The van der Waals surface area contributed by atoms with Gasteiger partial charge in [0.1, 0.15) is 5.75 Å². The quantitative estimate of drug-likeness (QED) is 0.491. The van der Waals surface area contributed by atoms with Crippen LogP contribution in [0.2, 0.25) is 0 Å². The number of benzene rings is 1. The molecule has 1 aromatic carbocycles. The van der Waals surface area contributed by atoms with Gasteiger partial charge < -0.3 is 15.2 Å². The molecule has 0 unspecified atom stereocenters. The fourth-order valence-electron chi connectivity index (χ4n) is 1.67. The predicted octanol–water partition coefficient (Wildman–Crippen LogP) is 3.79. The molecule has 102 valence electrons. The SMILES string of the molecule is CCCCOCCCCCNc1ccc(O)cc1. The molecule has 0 radical (unpaired) electrons. The molecule has 0 bridgehead atoms. The summed E-state index contributed by atoms with van der Waals surface area (Å²) in [6.07, 6.45) is 5.86. The van der Waals surface area contributed by atoms with Gasteiger partial charge in [-0.15, -0.1) is 0 Å². The maximum atomic E-state index is 9.15. The molecule has 0 atom stereocenters. The van der Waals surface area contributed by atoms with Gasteiger partial charge in [-0.3, -0.25) is 0 Å². The number of rotatable bonds is 10. The molecule has 0 aliphatic rings. The van der Waals surface area contributed by atoms with Crippen molar-refractivity contribution in [3.05, 3.63) is 24.3 Å². The van der Waals surface area contributed by atoms with Gasteiger partial charge >= 0.3 is 0 Å². The van der Waals surface area contributed by atoms with E-state index < -0.39 is 0 Å². The van der Waals surface area contributed by atoms with Crippen LogP contribution in [0.4, 0.5) is 5.69 Å². The van der Waals surface area contributed by atoms with Crippen molar-refractivity contribution in [1.29, 1.82) is 0 Å². The highest BCUT2D eigenvalue weighted by molar-refractivity contribution is 5.45. The zero-order chi connectivity index (χ0) is 13.1. The van der Waals surface area contributed by atoms with Crippen molar-refractivity contribution < 1.29 is 9.84 Å². The van der Waals surface area contributed by atoms with Crippen LogP contribution in [0.25, 0.3) is 0 Å². The number of phenols is 1. The Balaban J connectivity index is 1.91. The normalized spacial score (nSPS) is 10.5. The summed E-state index contributed by atoms with van der Waals surface area (Å²) in [6, 6.07) is 7.18. The van der Waals surface area contributed by atoms with Crippen molar-refractivity contribution >= 4 is 5.69 Å². The van der Waals surface area contributed by atoms with Crippen LogP contribution in [0.3, 0.4) is 0 Å². The number of unbranched alkanes of at least 4 members (excludes halogenated alkanes) is 3. The Morgan fingerprint density at radius 1 is 1.00 bits per heavy atom. The van der Waals surface area contributed by atoms with Crippen LogP contribution >= 0.6 is 0 Å². The minimum absolute atomic E-state index is 0.310. The number of hydrogen-bond donors (Lipinski definition) is 2. The maximum absolute atomic E-state index is 9.15. The highest BCUT2D eigenvalue weighted by Gasteiger charge is 1.93. The molecule has 0 heterocycles. The zero-order valence-electron chi connectivity index (χ0n) is 11.3. The second-order valence-electron chi connectivity index (χ2n) is 4.50. The molecule has 0 amide bonds. The summed E-state index contributed by atoms with van der Waals surface area (Å²) in [4.78, 5) is 0. The standard InChI is InChI=1S/C15H25NO2/c1-2-3-12-18-13-6-4-5-11-16-14-7-9-15(17)10-8-14/h7-10,16-17H,2-6,11-13H2,1H3. The van der Waals surface area contributed by atoms with Crippen LogP contribution in [-0.2, 0) is 4.74 Å². The van der Waals surface area contributed by atoms with Gasteiger partial charge in [-0.25, -0.2) is 0 Å². The number of hydrogen-bond acceptors (Lipinski definition) is 3. The first-order valence-electron chi connectivity index (χ1n) is 6.93. The van der Waals surface area contributed by atoms with Crippen LogP contribution in [0.5, 0.6) is 5.75 Å². The van der Waals surface area contributed by atoms with Gasteiger partial charge in [-0.05, 0) is 49.9 Å². The van der Waals surface area contributed by atoms with E-state index in [9.17, 15) is 0 Å². The Kier molecular flexibility index (Phi) is 8.06. The van der Waals surface area contributed by atoms with Crippen LogP contribution < -0.4 is 5.32 Å². The van der Waals surface area contributed by atoms with Gasteiger partial charge in [-0.1, -0.05) is 13.3 Å². The second kappa shape index (κ2) is 9.77. The lowest BCUT2D eigenvalue weighted by Gasteiger charge is -2.06. The van der Waals surface area contributed by atoms with Crippen molar-refractivity contribution in [2.45, 2.75) is 39.0 Å². The van der Waals surface area contributed by atoms with Gasteiger partial charge in [-0.2, -0.15) is 0 Å². The second-order valence-corrected chi connectivity index (χ2v) is 4.50. The maximum Gasteiger partial charge on any atom is 0.115 e. The number of aromatic hydroxyl groups is 1. The molecule has 0 fully saturated rings. The first-order chi connectivity index (χ1) is 8.83. The van der Waals surface area contributed by atoms with Crippen molar-refractivity contribution in [3.63, 3.8) is 0 Å². The fraction of sp³-hybridized carbons (Fsp3) is 0.600. The highest BCUT2D eigenvalue weighted by atomic mass is 16.5. The van der Waals surface area contributed by atoms with Crippen molar-refractivity contribution in [2.24, 2.45) is 0 Å². The lowest BCUT2D eigenvalue weighted by molar-refractivity contribution is 0.127. The summed E-state index contributed by atoms with van der Waals surface area (Å²) in [6.45, 7) is 4.94. The van der Waals surface area contributed by atoms with Gasteiger partial charge in [0.2, 0.25) is 0 Å². The van der Waals surface area contributed by atoms with Gasteiger partial charge in [0, 0.05) is 25.4 Å². The minimum Gasteiger partial charge on any atom is -0.508 e. The highest BCUT2D eigenvalue weighted by Crippen LogP contribution is 2.13. The van der Waals surface area contributed by atoms with Crippen molar-refractivity contribution in [2.75, 3.05) is 25.1 Å². The van der Waals surface area contributed by atoms with Crippen molar-refractivity contribution in [3.8, 4) is 5.75 Å². The Hall–Kier alpha value is -1.22. The first-order valence-corrected chi connectivity index (χ1v) is 6.93. The molecule has 1 aromatic rings. The third-order valence-electron chi connectivity index (χ3n) is 2.80. The largest absolute Gasteiger partial charge is 0.508 e. The molecule has 3 nitrogen and oxygen atoms in total. The van der Waals surface area contributed by atoms with E-state index in [0.717, 1.165) is 38.3 Å². The molecule has 18 heavy (non-hydrogen) atoms. The summed E-state index contributed by atoms with van der Waals surface area (Å²) in [7, 11) is 0. The van der Waals surface area contributed by atoms with Crippen LogP contribution in [0.15, 0.2) is 24.3 Å². The Labute approximate surface area is 110 Å². The van der Waals surface area contributed by atoms with E-state index in [-0.39, 0.29) is 0 Å². The molecule has 0 aliphatic heterocycles. The molecule has 0 spiro atoms. The number of anilines is 1. The Morgan fingerprint density at radius 2 is 1.72 bits per heavy atom. The van der Waals surface area contributed by atoms with Crippen LogP contribution in [-0.4, -0.2) is 24.9 Å². The molecule has 3 heteroatoms. The molecule has 0 aromatic heterocycles. The average Bonchev–Trinajstić information content (AvgIpc) is 2.39. The first kappa shape index (κ1) is 14.8. The Bertz CT molecular complexity index is 298. The van der Waals surface area contributed by atoms with Gasteiger partial charge in [0.05, 0.1) is 0 Å². The number of ether oxygens (including phenoxy) is 1. The van der Waals surface area contributed by atoms with E-state index in [0.29, 0.717) is 5.75 Å². The fourth-order valence-corrected chi connectivity index (χ4v) is 1.67. The Morgan fingerprint density at radius 3 is 2.44 bits per heavy atom. The molecule has 0 saturated carbocycles. The van der Waals surface area contributed by atoms with Gasteiger partial charge in [0.25, 0.3) is 0 Å². The molecule has 0 saturated heterocycles. The smallest absolute Gasteiger partial charge is 0.115 e. The summed E-state index contributed by atoms with van der Waals surface area (Å²) >= 11 is 0. The van der Waals surface area contributed by atoms with E-state index in [1.54, 1.807) is 12.1 Å². The predicted molar refractivity (Wildman–Crippen MR) is 76.2 cm³/mol. The van der Waals surface area contributed by atoms with E-state index in [1.807, 2.05) is 12.1 Å². The summed E-state index contributed by atoms with van der Waals surface area (Å²) in [5.74, 6) is 0.310. The monoisotopic (exact) mass is 251 g/mol. The minimum atomic E-state index is 0.310. The number of phenolic OH excluding ortho intramolecular Hbond substituents is 1. The van der Waals surface area contributed by atoms with E-state index in [4.69, 9.17) is 9.84 Å². The molecule has 2 N–H and O–H groups in total. The van der Waals surface area contributed by atoms with Gasteiger partial charge in [0.15, 0.2) is 0 Å².